The Bertz CT molecular complexity index is 681. The molecule has 0 spiro atoms. The molecular weight excluding hydrogens is 372 g/mol. The van der Waals surface area contributed by atoms with Crippen molar-refractivity contribution in [3.63, 3.8) is 0 Å². The van der Waals surface area contributed by atoms with Crippen molar-refractivity contribution in [2.45, 2.75) is 45.1 Å². The number of fused-ring (bicyclic) bond motifs is 1. The zero-order valence-electron chi connectivity index (χ0n) is 13.7. The van der Waals surface area contributed by atoms with Gasteiger partial charge in [-0.25, -0.2) is 0 Å². The second kappa shape index (κ2) is 7.05. The highest BCUT2D eigenvalue weighted by Crippen LogP contribution is 2.26. The molecule has 1 heterocycles. The lowest BCUT2D eigenvalue weighted by molar-refractivity contribution is -0.122. The van der Waals surface area contributed by atoms with Gasteiger partial charge in [-0.2, -0.15) is 0 Å². The number of hydrogen-bond donors (Lipinski definition) is 1. The molecular formula is C18H21BrN2O3. The Hall–Kier alpha value is -1.69. The molecule has 1 aliphatic carbocycles. The van der Waals surface area contributed by atoms with E-state index in [1.54, 1.807) is 18.2 Å². The Balaban J connectivity index is 1.55. The third-order valence-corrected chi connectivity index (χ3v) is 5.37. The van der Waals surface area contributed by atoms with Gasteiger partial charge in [0.05, 0.1) is 11.1 Å². The number of nitrogens with zero attached hydrogens (tertiary/aromatic N) is 1. The summed E-state index contributed by atoms with van der Waals surface area (Å²) in [5, 5.41) is 3.03. The monoisotopic (exact) mass is 392 g/mol. The molecule has 0 atom stereocenters. The van der Waals surface area contributed by atoms with Gasteiger partial charge in [-0.05, 0) is 49.8 Å². The number of carbonyl (C=O) groups is 3. The van der Waals surface area contributed by atoms with Crippen LogP contribution in [0.15, 0.2) is 22.7 Å². The summed E-state index contributed by atoms with van der Waals surface area (Å²) in [7, 11) is 0. The minimum Gasteiger partial charge on any atom is -0.353 e. The summed E-state index contributed by atoms with van der Waals surface area (Å²) in [4.78, 5) is 38.0. The van der Waals surface area contributed by atoms with Gasteiger partial charge < -0.3 is 5.32 Å². The molecule has 0 aromatic heterocycles. The minimum absolute atomic E-state index is 0.0905. The van der Waals surface area contributed by atoms with Crippen molar-refractivity contribution in [2.24, 2.45) is 5.92 Å². The molecule has 5 nitrogen and oxygen atoms in total. The third-order valence-electron chi connectivity index (χ3n) is 4.88. The van der Waals surface area contributed by atoms with E-state index >= 15 is 0 Å². The fourth-order valence-corrected chi connectivity index (χ4v) is 3.74. The molecule has 3 amide bonds. The van der Waals surface area contributed by atoms with E-state index in [0.29, 0.717) is 11.1 Å². The van der Waals surface area contributed by atoms with Crippen molar-refractivity contribution in [3.05, 3.63) is 33.8 Å². The van der Waals surface area contributed by atoms with Gasteiger partial charge >= 0.3 is 0 Å². The molecule has 0 radical (unpaired) electrons. The van der Waals surface area contributed by atoms with E-state index in [0.717, 1.165) is 36.1 Å². The zero-order valence-corrected chi connectivity index (χ0v) is 15.3. The number of carbonyl (C=O) groups excluding carboxylic acids is 3. The van der Waals surface area contributed by atoms with Crippen molar-refractivity contribution in [1.29, 1.82) is 0 Å². The molecule has 1 aliphatic heterocycles. The highest BCUT2D eigenvalue weighted by atomic mass is 79.9. The molecule has 0 unspecified atom stereocenters. The van der Waals surface area contributed by atoms with Gasteiger partial charge in [-0.1, -0.05) is 22.9 Å². The smallest absolute Gasteiger partial charge is 0.261 e. The Labute approximate surface area is 149 Å². The largest absolute Gasteiger partial charge is 0.353 e. The number of hydrogen-bond acceptors (Lipinski definition) is 3. The van der Waals surface area contributed by atoms with Crippen LogP contribution in [0.3, 0.4) is 0 Å². The van der Waals surface area contributed by atoms with Gasteiger partial charge in [0, 0.05) is 23.5 Å². The molecule has 24 heavy (non-hydrogen) atoms. The first-order valence-corrected chi connectivity index (χ1v) is 9.20. The van der Waals surface area contributed by atoms with Gasteiger partial charge in [0.15, 0.2) is 0 Å². The molecule has 3 rings (SSSR count). The number of imide groups is 1. The van der Waals surface area contributed by atoms with E-state index in [1.807, 2.05) is 0 Å². The summed E-state index contributed by atoms with van der Waals surface area (Å²) < 4.78 is 0.758. The SMILES string of the molecule is CC1CCC(NC(=O)CCN2C(=O)c3ccc(Br)cc3C2=O)CC1. The molecule has 1 aromatic carbocycles. The van der Waals surface area contributed by atoms with Crippen LogP contribution in [-0.4, -0.2) is 35.2 Å². The second-order valence-electron chi connectivity index (χ2n) is 6.73. The van der Waals surface area contributed by atoms with Crippen molar-refractivity contribution < 1.29 is 14.4 Å². The molecule has 0 bridgehead atoms. The van der Waals surface area contributed by atoms with Crippen LogP contribution in [0, 0.1) is 5.92 Å². The van der Waals surface area contributed by atoms with E-state index in [1.165, 1.54) is 4.90 Å². The highest BCUT2D eigenvalue weighted by Gasteiger charge is 2.35. The number of amides is 3. The van der Waals surface area contributed by atoms with Crippen LogP contribution in [0.25, 0.3) is 0 Å². The van der Waals surface area contributed by atoms with Crippen molar-refractivity contribution >= 4 is 33.7 Å². The Morgan fingerprint density at radius 1 is 1.17 bits per heavy atom. The topological polar surface area (TPSA) is 66.5 Å². The fourth-order valence-electron chi connectivity index (χ4n) is 3.38. The molecule has 128 valence electrons. The third kappa shape index (κ3) is 3.53. The van der Waals surface area contributed by atoms with Gasteiger partial charge in [0.2, 0.25) is 5.91 Å². The lowest BCUT2D eigenvalue weighted by Gasteiger charge is -2.27. The van der Waals surface area contributed by atoms with Gasteiger partial charge in [0.25, 0.3) is 11.8 Å². The van der Waals surface area contributed by atoms with E-state index in [4.69, 9.17) is 0 Å². The molecule has 6 heteroatoms. The summed E-state index contributed by atoms with van der Waals surface area (Å²) >= 11 is 3.31. The summed E-state index contributed by atoms with van der Waals surface area (Å²) in [6.45, 7) is 2.36. The lowest BCUT2D eigenvalue weighted by atomic mass is 9.87. The molecule has 2 aliphatic rings. The maximum Gasteiger partial charge on any atom is 0.261 e. The summed E-state index contributed by atoms with van der Waals surface area (Å²) in [5.41, 5.74) is 0.806. The van der Waals surface area contributed by atoms with Crippen LogP contribution in [0.5, 0.6) is 0 Å². The first kappa shape index (κ1) is 17.1. The highest BCUT2D eigenvalue weighted by molar-refractivity contribution is 9.10. The predicted octanol–water partition coefficient (Wildman–Crippen LogP) is 3.13. The van der Waals surface area contributed by atoms with Crippen LogP contribution in [0.1, 0.15) is 59.7 Å². The normalized spacial score (nSPS) is 23.3. The summed E-state index contributed by atoms with van der Waals surface area (Å²) in [6.07, 6.45) is 4.44. The fraction of sp³-hybridized carbons (Fsp3) is 0.500. The molecule has 0 saturated heterocycles. The Morgan fingerprint density at radius 3 is 2.54 bits per heavy atom. The second-order valence-corrected chi connectivity index (χ2v) is 7.64. The molecule has 1 N–H and O–H groups in total. The van der Waals surface area contributed by atoms with Crippen molar-refractivity contribution in [3.8, 4) is 0 Å². The number of rotatable bonds is 4. The van der Waals surface area contributed by atoms with Crippen LogP contribution < -0.4 is 5.32 Å². The number of nitrogens with one attached hydrogen (secondary N) is 1. The minimum atomic E-state index is -0.324. The quantitative estimate of drug-likeness (QED) is 0.800. The summed E-state index contributed by atoms with van der Waals surface area (Å²) in [6, 6.07) is 5.26. The van der Waals surface area contributed by atoms with E-state index < -0.39 is 0 Å². The predicted molar refractivity (Wildman–Crippen MR) is 93.7 cm³/mol. The van der Waals surface area contributed by atoms with Crippen LogP contribution in [-0.2, 0) is 4.79 Å². The van der Waals surface area contributed by atoms with E-state index in [2.05, 4.69) is 28.2 Å². The first-order chi connectivity index (χ1) is 11.5. The standard InChI is InChI=1S/C18H21BrN2O3/c1-11-2-5-13(6-3-11)20-16(22)8-9-21-17(23)14-7-4-12(19)10-15(14)18(21)24/h4,7,10-11,13H,2-3,5-6,8-9H2,1H3,(H,20,22). The Kier molecular flexibility index (Phi) is 5.04. The zero-order chi connectivity index (χ0) is 17.3. The van der Waals surface area contributed by atoms with Gasteiger partial charge in [-0.15, -0.1) is 0 Å². The van der Waals surface area contributed by atoms with Crippen LogP contribution in [0.2, 0.25) is 0 Å². The lowest BCUT2D eigenvalue weighted by Crippen LogP contribution is -2.40. The average Bonchev–Trinajstić information content (AvgIpc) is 2.78. The van der Waals surface area contributed by atoms with E-state index in [9.17, 15) is 14.4 Å². The van der Waals surface area contributed by atoms with Crippen LogP contribution >= 0.6 is 15.9 Å². The van der Waals surface area contributed by atoms with Crippen LogP contribution in [0.4, 0.5) is 0 Å². The van der Waals surface area contributed by atoms with Gasteiger partial charge in [-0.3, -0.25) is 19.3 Å². The maximum atomic E-state index is 12.4. The first-order valence-electron chi connectivity index (χ1n) is 8.41. The van der Waals surface area contributed by atoms with Gasteiger partial charge in [0.1, 0.15) is 0 Å². The average molecular weight is 393 g/mol. The number of halogens is 1. The molecule has 1 aromatic rings. The Morgan fingerprint density at radius 2 is 1.83 bits per heavy atom. The molecule has 1 fully saturated rings. The van der Waals surface area contributed by atoms with Crippen molar-refractivity contribution in [1.82, 2.24) is 10.2 Å². The van der Waals surface area contributed by atoms with Crippen molar-refractivity contribution in [2.75, 3.05) is 6.54 Å². The summed E-state index contributed by atoms with van der Waals surface area (Å²) in [5.74, 6) is 0.000459. The van der Waals surface area contributed by atoms with E-state index in [-0.39, 0.29) is 36.7 Å². The molecule has 1 saturated carbocycles. The number of benzene rings is 1. The maximum absolute atomic E-state index is 12.4.